The molecule has 0 spiro atoms. The van der Waals surface area contributed by atoms with Crippen LogP contribution >= 0.6 is 47.2 Å². The predicted molar refractivity (Wildman–Crippen MR) is 120 cm³/mol. The molecule has 3 rings (SSSR count). The summed E-state index contributed by atoms with van der Waals surface area (Å²) in [6, 6.07) is 7.66. The van der Waals surface area contributed by atoms with Gasteiger partial charge in [-0.25, -0.2) is 4.79 Å². The van der Waals surface area contributed by atoms with Crippen molar-refractivity contribution >= 4 is 69.5 Å². The quantitative estimate of drug-likeness (QED) is 0.390. The van der Waals surface area contributed by atoms with Crippen molar-refractivity contribution in [2.24, 2.45) is 0 Å². The summed E-state index contributed by atoms with van der Waals surface area (Å²) in [6.07, 6.45) is 3.45. The molecule has 152 valence electrons. The Morgan fingerprint density at radius 2 is 2.07 bits per heavy atom. The van der Waals surface area contributed by atoms with Crippen molar-refractivity contribution in [3.05, 3.63) is 51.0 Å². The second-order valence-corrected chi connectivity index (χ2v) is 8.87. The average molecular weight is 470 g/mol. The van der Waals surface area contributed by atoms with Gasteiger partial charge in [-0.15, -0.1) is 0 Å². The summed E-state index contributed by atoms with van der Waals surface area (Å²) in [7, 11) is 0. The van der Waals surface area contributed by atoms with E-state index in [9.17, 15) is 14.7 Å². The minimum Gasteiger partial charge on any atom is -0.480 e. The van der Waals surface area contributed by atoms with Crippen molar-refractivity contribution in [3.63, 3.8) is 0 Å². The second-order valence-electron chi connectivity index (χ2n) is 6.38. The van der Waals surface area contributed by atoms with Crippen LogP contribution < -0.4 is 0 Å². The number of benzene rings is 1. The van der Waals surface area contributed by atoms with Crippen LogP contribution in [0.2, 0.25) is 10.0 Å². The molecule has 1 atom stereocenters. The number of thiocarbonyl (C=S) groups is 1. The van der Waals surface area contributed by atoms with Gasteiger partial charge in [0.25, 0.3) is 5.91 Å². The first-order chi connectivity index (χ1) is 13.8. The molecule has 1 aliphatic heterocycles. The number of unbranched alkanes of at least 4 members (excludes halogenated alkanes) is 1. The largest absolute Gasteiger partial charge is 0.480 e. The Balaban J connectivity index is 1.83. The fraction of sp³-hybridized carbons (Fsp3) is 0.250. The number of hydrogen-bond donors (Lipinski definition) is 1. The summed E-state index contributed by atoms with van der Waals surface area (Å²) in [5.74, 6) is -0.462. The van der Waals surface area contributed by atoms with Crippen molar-refractivity contribution in [1.29, 1.82) is 0 Å². The summed E-state index contributed by atoms with van der Waals surface area (Å²) in [5, 5.41) is 10.4. The van der Waals surface area contributed by atoms with Gasteiger partial charge in [-0.3, -0.25) is 9.69 Å². The van der Waals surface area contributed by atoms with E-state index >= 15 is 0 Å². The molecule has 1 fully saturated rings. The second kappa shape index (κ2) is 9.34. The van der Waals surface area contributed by atoms with Crippen LogP contribution in [-0.2, 0) is 9.59 Å². The van der Waals surface area contributed by atoms with Gasteiger partial charge in [0.2, 0.25) is 0 Å². The fourth-order valence-corrected chi connectivity index (χ4v) is 4.51. The number of thioether (sulfide) groups is 1. The summed E-state index contributed by atoms with van der Waals surface area (Å²) >= 11 is 18.3. The smallest absolute Gasteiger partial charge is 0.326 e. The number of hydrogen-bond acceptors (Lipinski definition) is 5. The maximum Gasteiger partial charge on any atom is 0.326 e. The van der Waals surface area contributed by atoms with Gasteiger partial charge in [0.05, 0.1) is 15.0 Å². The normalized spacial score (nSPS) is 16.7. The van der Waals surface area contributed by atoms with Crippen LogP contribution in [0.25, 0.3) is 17.4 Å². The Labute approximate surface area is 187 Å². The molecule has 1 N–H and O–H groups in total. The number of carbonyl (C=O) groups is 2. The lowest BCUT2D eigenvalue weighted by molar-refractivity contribution is -0.145. The molecule has 0 radical (unpaired) electrons. The van der Waals surface area contributed by atoms with E-state index < -0.39 is 17.9 Å². The van der Waals surface area contributed by atoms with Crippen LogP contribution in [0.15, 0.2) is 39.7 Å². The van der Waals surface area contributed by atoms with E-state index in [1.54, 1.807) is 36.4 Å². The lowest BCUT2D eigenvalue weighted by Crippen LogP contribution is -2.43. The number of halogens is 2. The number of amides is 1. The van der Waals surface area contributed by atoms with E-state index in [0.29, 0.717) is 39.3 Å². The Morgan fingerprint density at radius 3 is 2.72 bits per heavy atom. The highest BCUT2D eigenvalue weighted by Crippen LogP contribution is 2.36. The Bertz CT molecular complexity index is 1000. The highest BCUT2D eigenvalue weighted by Gasteiger charge is 2.40. The number of carboxylic acid groups (broad SMARTS) is 1. The van der Waals surface area contributed by atoms with E-state index in [1.165, 1.54) is 4.90 Å². The molecule has 9 heteroatoms. The van der Waals surface area contributed by atoms with Crippen LogP contribution in [-0.4, -0.2) is 32.2 Å². The molecular weight excluding hydrogens is 453 g/mol. The number of carbonyl (C=O) groups excluding carboxylic acids is 1. The minimum absolute atomic E-state index is 0.237. The van der Waals surface area contributed by atoms with Crippen LogP contribution in [0.5, 0.6) is 0 Å². The van der Waals surface area contributed by atoms with Crippen molar-refractivity contribution in [2.75, 3.05) is 0 Å². The maximum absolute atomic E-state index is 12.8. The molecular formula is C20H17Cl2NO4S2. The standard InChI is InChI=1S/C20H17Cl2NO4S2/c1-2-3-4-15(19(25)26)23-18(24)17(29-20(23)28)10-12-6-8-16(27-12)11-5-7-13(21)14(22)9-11/h5-10,15H,2-4H2,1H3,(H,25,26)/b17-10+. The zero-order chi connectivity index (χ0) is 21.1. The van der Waals surface area contributed by atoms with Crippen molar-refractivity contribution in [2.45, 2.75) is 32.2 Å². The van der Waals surface area contributed by atoms with Gasteiger partial charge in [-0.1, -0.05) is 66.9 Å². The molecule has 5 nitrogen and oxygen atoms in total. The third-order valence-electron chi connectivity index (χ3n) is 4.36. The molecule has 1 unspecified atom stereocenters. The van der Waals surface area contributed by atoms with Gasteiger partial charge in [-0.05, 0) is 36.8 Å². The Morgan fingerprint density at radius 1 is 1.31 bits per heavy atom. The first kappa shape index (κ1) is 21.9. The summed E-state index contributed by atoms with van der Waals surface area (Å²) in [5.41, 5.74) is 0.747. The van der Waals surface area contributed by atoms with Crippen LogP contribution in [0.3, 0.4) is 0 Å². The zero-order valence-corrected chi connectivity index (χ0v) is 18.5. The van der Waals surface area contributed by atoms with Crippen molar-refractivity contribution in [3.8, 4) is 11.3 Å². The van der Waals surface area contributed by atoms with Crippen molar-refractivity contribution in [1.82, 2.24) is 4.90 Å². The van der Waals surface area contributed by atoms with Gasteiger partial charge >= 0.3 is 5.97 Å². The monoisotopic (exact) mass is 469 g/mol. The van der Waals surface area contributed by atoms with Crippen LogP contribution in [0.4, 0.5) is 0 Å². The van der Waals surface area contributed by atoms with Crippen LogP contribution in [0, 0.1) is 0 Å². The first-order valence-corrected chi connectivity index (χ1v) is 10.8. The van der Waals surface area contributed by atoms with E-state index in [2.05, 4.69) is 0 Å². The molecule has 1 saturated heterocycles. The fourth-order valence-electron chi connectivity index (χ4n) is 2.87. The molecule has 0 aliphatic carbocycles. The number of nitrogens with zero attached hydrogens (tertiary/aromatic N) is 1. The van der Waals surface area contributed by atoms with Gasteiger partial charge in [0.1, 0.15) is 21.9 Å². The Kier molecular flexibility index (Phi) is 7.05. The highest BCUT2D eigenvalue weighted by atomic mass is 35.5. The highest BCUT2D eigenvalue weighted by molar-refractivity contribution is 8.26. The molecule has 1 aromatic carbocycles. The van der Waals surface area contributed by atoms with Gasteiger partial charge in [0.15, 0.2) is 0 Å². The predicted octanol–water partition coefficient (Wildman–Crippen LogP) is 6.10. The van der Waals surface area contributed by atoms with Gasteiger partial charge < -0.3 is 9.52 Å². The van der Waals surface area contributed by atoms with Gasteiger partial charge in [0, 0.05) is 11.6 Å². The third kappa shape index (κ3) is 4.86. The molecule has 0 bridgehead atoms. The number of rotatable bonds is 7. The average Bonchev–Trinajstić information content (AvgIpc) is 3.24. The topological polar surface area (TPSA) is 70.8 Å². The Hall–Kier alpha value is -1.80. The molecule has 0 saturated carbocycles. The number of furan rings is 1. The van der Waals surface area contributed by atoms with E-state index in [-0.39, 0.29) is 4.32 Å². The molecule has 1 amide bonds. The van der Waals surface area contributed by atoms with E-state index in [0.717, 1.165) is 23.7 Å². The van der Waals surface area contributed by atoms with E-state index in [1.807, 2.05) is 6.92 Å². The molecule has 2 aromatic rings. The lowest BCUT2D eigenvalue weighted by atomic mass is 10.1. The third-order valence-corrected chi connectivity index (χ3v) is 6.43. The SMILES string of the molecule is CCCCC(C(=O)O)N1C(=O)/C(=C\c2ccc(-c3ccc(Cl)c(Cl)c3)o2)SC1=S. The van der Waals surface area contributed by atoms with Crippen LogP contribution in [0.1, 0.15) is 31.9 Å². The summed E-state index contributed by atoms with van der Waals surface area (Å²) in [6.45, 7) is 1.96. The lowest BCUT2D eigenvalue weighted by Gasteiger charge is -2.22. The zero-order valence-electron chi connectivity index (χ0n) is 15.4. The molecule has 2 heterocycles. The molecule has 29 heavy (non-hydrogen) atoms. The number of aliphatic carboxylic acids is 1. The first-order valence-electron chi connectivity index (χ1n) is 8.87. The maximum atomic E-state index is 12.8. The summed E-state index contributed by atoms with van der Waals surface area (Å²) < 4.78 is 6.03. The minimum atomic E-state index is -1.06. The number of carboxylic acids is 1. The van der Waals surface area contributed by atoms with Gasteiger partial charge in [-0.2, -0.15) is 0 Å². The van der Waals surface area contributed by atoms with E-state index in [4.69, 9.17) is 39.8 Å². The summed E-state index contributed by atoms with van der Waals surface area (Å²) in [4.78, 5) is 26.0. The van der Waals surface area contributed by atoms with Crippen molar-refractivity contribution < 1.29 is 19.1 Å². The molecule has 1 aromatic heterocycles. The molecule has 1 aliphatic rings.